The van der Waals surface area contributed by atoms with E-state index in [0.717, 1.165) is 18.5 Å². The third-order valence-corrected chi connectivity index (χ3v) is 1.57. The molecule has 0 saturated carbocycles. The zero-order valence-corrected chi connectivity index (χ0v) is 8.02. The Morgan fingerprint density at radius 3 is 2.42 bits per heavy atom. The van der Waals surface area contributed by atoms with E-state index >= 15 is 0 Å². The SMILES string of the molecule is CC.CC1=CC=C(NC#N)CC1. The lowest BCUT2D eigenvalue weighted by molar-refractivity contribution is 0.843. The molecule has 2 nitrogen and oxygen atoms in total. The summed E-state index contributed by atoms with van der Waals surface area (Å²) in [6, 6.07) is 0. The number of hydrogen-bond acceptors (Lipinski definition) is 2. The van der Waals surface area contributed by atoms with Crippen LogP contribution in [0.5, 0.6) is 0 Å². The van der Waals surface area contributed by atoms with Gasteiger partial charge in [-0.05, 0) is 25.8 Å². The van der Waals surface area contributed by atoms with Crippen molar-refractivity contribution in [1.29, 1.82) is 5.26 Å². The van der Waals surface area contributed by atoms with Crippen LogP contribution in [0.25, 0.3) is 0 Å². The van der Waals surface area contributed by atoms with Gasteiger partial charge in [0.15, 0.2) is 6.19 Å². The molecule has 0 amide bonds. The van der Waals surface area contributed by atoms with Crippen LogP contribution in [0.1, 0.15) is 33.6 Å². The summed E-state index contributed by atoms with van der Waals surface area (Å²) < 4.78 is 0. The van der Waals surface area contributed by atoms with E-state index in [2.05, 4.69) is 12.2 Å². The Labute approximate surface area is 74.6 Å². The Hall–Kier alpha value is -1.23. The maximum Gasteiger partial charge on any atom is 0.181 e. The number of allylic oxidation sites excluding steroid dienone is 4. The highest BCUT2D eigenvalue weighted by Gasteiger charge is 2.00. The van der Waals surface area contributed by atoms with Crippen LogP contribution in [0.2, 0.25) is 0 Å². The van der Waals surface area contributed by atoms with Crippen LogP contribution in [0.3, 0.4) is 0 Å². The van der Waals surface area contributed by atoms with Crippen LogP contribution in [-0.4, -0.2) is 0 Å². The number of hydrogen-bond donors (Lipinski definition) is 1. The Morgan fingerprint density at radius 2 is 2.00 bits per heavy atom. The zero-order valence-electron chi connectivity index (χ0n) is 8.02. The minimum atomic E-state index is 0.968. The van der Waals surface area contributed by atoms with E-state index in [1.54, 1.807) is 0 Å². The molecule has 0 aromatic carbocycles. The molecule has 1 rings (SSSR count). The lowest BCUT2D eigenvalue weighted by atomic mass is 10.0. The van der Waals surface area contributed by atoms with Crippen LogP contribution >= 0.6 is 0 Å². The van der Waals surface area contributed by atoms with Crippen LogP contribution in [0, 0.1) is 11.5 Å². The number of nitriles is 1. The summed E-state index contributed by atoms with van der Waals surface area (Å²) in [7, 11) is 0. The van der Waals surface area contributed by atoms with Gasteiger partial charge in [-0.1, -0.05) is 25.5 Å². The largest absolute Gasteiger partial charge is 0.297 e. The summed E-state index contributed by atoms with van der Waals surface area (Å²) in [5.41, 5.74) is 2.40. The Morgan fingerprint density at radius 1 is 1.33 bits per heavy atom. The normalized spacial score (nSPS) is 14.5. The monoisotopic (exact) mass is 164 g/mol. The van der Waals surface area contributed by atoms with E-state index in [-0.39, 0.29) is 0 Å². The molecule has 0 radical (unpaired) electrons. The Kier molecular flexibility index (Phi) is 5.81. The maximum atomic E-state index is 8.26. The van der Waals surface area contributed by atoms with Gasteiger partial charge in [0.1, 0.15) is 0 Å². The van der Waals surface area contributed by atoms with E-state index in [4.69, 9.17) is 5.26 Å². The van der Waals surface area contributed by atoms with Gasteiger partial charge in [-0.15, -0.1) is 0 Å². The second kappa shape index (κ2) is 6.48. The highest BCUT2D eigenvalue weighted by molar-refractivity contribution is 5.22. The highest BCUT2D eigenvalue weighted by Crippen LogP contribution is 2.14. The second-order valence-corrected chi connectivity index (χ2v) is 2.44. The summed E-state index contributed by atoms with van der Waals surface area (Å²) in [6.45, 7) is 6.10. The van der Waals surface area contributed by atoms with Gasteiger partial charge < -0.3 is 0 Å². The molecule has 0 bridgehead atoms. The van der Waals surface area contributed by atoms with Crippen molar-refractivity contribution in [1.82, 2.24) is 5.32 Å². The van der Waals surface area contributed by atoms with Gasteiger partial charge >= 0.3 is 0 Å². The van der Waals surface area contributed by atoms with Gasteiger partial charge in [0, 0.05) is 5.70 Å². The molecular weight excluding hydrogens is 148 g/mol. The van der Waals surface area contributed by atoms with E-state index in [1.807, 2.05) is 32.2 Å². The number of nitrogens with zero attached hydrogens (tertiary/aromatic N) is 1. The molecule has 2 heteroatoms. The molecule has 0 heterocycles. The van der Waals surface area contributed by atoms with Crippen molar-refractivity contribution in [2.24, 2.45) is 0 Å². The highest BCUT2D eigenvalue weighted by atomic mass is 14.9. The van der Waals surface area contributed by atoms with Crippen LogP contribution < -0.4 is 5.32 Å². The molecule has 0 fully saturated rings. The smallest absolute Gasteiger partial charge is 0.181 e. The average molecular weight is 164 g/mol. The molecular formula is C10H16N2. The van der Waals surface area contributed by atoms with Crippen LogP contribution in [0.4, 0.5) is 0 Å². The lowest BCUT2D eigenvalue weighted by Crippen LogP contribution is -2.06. The predicted octanol–water partition coefficient (Wildman–Crippen LogP) is 2.71. The third-order valence-electron chi connectivity index (χ3n) is 1.57. The summed E-state index contributed by atoms with van der Waals surface area (Å²) in [6.07, 6.45) is 7.95. The van der Waals surface area contributed by atoms with Crippen molar-refractivity contribution in [2.75, 3.05) is 0 Å². The topological polar surface area (TPSA) is 35.8 Å². The van der Waals surface area contributed by atoms with Crippen molar-refractivity contribution >= 4 is 0 Å². The average Bonchev–Trinajstić information content (AvgIpc) is 2.13. The fraction of sp³-hybridized carbons (Fsp3) is 0.500. The fourth-order valence-electron chi connectivity index (χ4n) is 0.917. The second-order valence-electron chi connectivity index (χ2n) is 2.44. The first kappa shape index (κ1) is 10.8. The molecule has 12 heavy (non-hydrogen) atoms. The van der Waals surface area contributed by atoms with Crippen molar-refractivity contribution in [3.05, 3.63) is 23.4 Å². The van der Waals surface area contributed by atoms with E-state index in [9.17, 15) is 0 Å². The molecule has 0 saturated heterocycles. The van der Waals surface area contributed by atoms with Gasteiger partial charge in [-0.25, -0.2) is 0 Å². The zero-order chi connectivity index (χ0) is 9.40. The van der Waals surface area contributed by atoms with Crippen LogP contribution in [0.15, 0.2) is 23.4 Å². The summed E-state index contributed by atoms with van der Waals surface area (Å²) in [5, 5.41) is 10.9. The molecule has 0 atom stereocenters. The van der Waals surface area contributed by atoms with E-state index in [0.29, 0.717) is 0 Å². The van der Waals surface area contributed by atoms with Gasteiger partial charge in [-0.3, -0.25) is 5.32 Å². The van der Waals surface area contributed by atoms with Gasteiger partial charge in [0.2, 0.25) is 0 Å². The summed E-state index contributed by atoms with van der Waals surface area (Å²) >= 11 is 0. The lowest BCUT2D eigenvalue weighted by Gasteiger charge is -2.08. The van der Waals surface area contributed by atoms with E-state index in [1.165, 1.54) is 5.57 Å². The molecule has 0 spiro atoms. The first-order chi connectivity index (χ1) is 5.83. The van der Waals surface area contributed by atoms with E-state index < -0.39 is 0 Å². The third kappa shape index (κ3) is 3.82. The Bertz CT molecular complexity index is 218. The Balaban J connectivity index is 0.000000561. The maximum absolute atomic E-state index is 8.26. The molecule has 0 unspecified atom stereocenters. The summed E-state index contributed by atoms with van der Waals surface area (Å²) in [4.78, 5) is 0. The quantitative estimate of drug-likeness (QED) is 0.477. The first-order valence-electron chi connectivity index (χ1n) is 4.34. The van der Waals surface area contributed by atoms with Crippen LogP contribution in [-0.2, 0) is 0 Å². The number of rotatable bonds is 1. The standard InChI is InChI=1S/C8H10N2.C2H6/c1-7-2-4-8(5-3-7)10-6-9;1-2/h2,4,10H,3,5H2,1H3;1-2H3. The van der Waals surface area contributed by atoms with Crippen molar-refractivity contribution in [3.63, 3.8) is 0 Å². The fourth-order valence-corrected chi connectivity index (χ4v) is 0.917. The predicted molar refractivity (Wildman–Crippen MR) is 51.2 cm³/mol. The van der Waals surface area contributed by atoms with Gasteiger partial charge in [-0.2, -0.15) is 5.26 Å². The summed E-state index contributed by atoms with van der Waals surface area (Å²) in [5.74, 6) is 0. The molecule has 1 aliphatic rings. The van der Waals surface area contributed by atoms with Crippen molar-refractivity contribution in [3.8, 4) is 6.19 Å². The molecule has 1 aliphatic carbocycles. The van der Waals surface area contributed by atoms with Gasteiger partial charge in [0.25, 0.3) is 0 Å². The molecule has 0 aliphatic heterocycles. The van der Waals surface area contributed by atoms with Crippen molar-refractivity contribution in [2.45, 2.75) is 33.6 Å². The molecule has 1 N–H and O–H groups in total. The van der Waals surface area contributed by atoms with Gasteiger partial charge in [0.05, 0.1) is 0 Å². The minimum absolute atomic E-state index is 0.968. The first-order valence-corrected chi connectivity index (χ1v) is 4.34. The molecule has 66 valence electrons. The molecule has 0 aromatic heterocycles. The molecule has 0 aromatic rings. The van der Waals surface area contributed by atoms with Crippen molar-refractivity contribution < 1.29 is 0 Å². The number of nitrogens with one attached hydrogen (secondary N) is 1. The minimum Gasteiger partial charge on any atom is -0.297 e.